The first-order chi connectivity index (χ1) is 7.49. The lowest BCUT2D eigenvalue weighted by molar-refractivity contribution is 0.181. The van der Waals surface area contributed by atoms with E-state index in [2.05, 4.69) is 31.2 Å². The average molecular weight is 228 g/mol. The van der Waals surface area contributed by atoms with E-state index in [0.717, 1.165) is 32.5 Å². The lowest BCUT2D eigenvalue weighted by Gasteiger charge is -2.33. The molecule has 1 unspecified atom stereocenters. The number of nitrogens with one attached hydrogen (secondary N) is 1. The molecule has 5 nitrogen and oxygen atoms in total. The number of likely N-dealkylation sites (N-methyl/N-ethyl adjacent to an activating group) is 1. The highest BCUT2D eigenvalue weighted by Gasteiger charge is 2.21. The Morgan fingerprint density at radius 1 is 1.50 bits per heavy atom. The molecule has 0 bridgehead atoms. The first kappa shape index (κ1) is 13.3. The molecule has 1 aliphatic heterocycles. The maximum atomic E-state index is 10.9. The summed E-state index contributed by atoms with van der Waals surface area (Å²) in [5.41, 5.74) is 5.24. The molecular formula is C11H24N4O. The summed E-state index contributed by atoms with van der Waals surface area (Å²) in [6.07, 6.45) is 2.00. The fraction of sp³-hybridized carbons (Fsp3) is 0.909. The van der Waals surface area contributed by atoms with Gasteiger partial charge in [0, 0.05) is 31.7 Å². The summed E-state index contributed by atoms with van der Waals surface area (Å²) in [4.78, 5) is 14.8. The topological polar surface area (TPSA) is 61.6 Å². The van der Waals surface area contributed by atoms with Crippen LogP contribution in [0.4, 0.5) is 4.79 Å². The number of rotatable bonds is 4. The van der Waals surface area contributed by atoms with Gasteiger partial charge in [0.05, 0.1) is 0 Å². The molecule has 1 aliphatic rings. The van der Waals surface area contributed by atoms with Crippen molar-refractivity contribution in [1.29, 1.82) is 0 Å². The number of likely N-dealkylation sites (tertiary alicyclic amines) is 1. The number of primary amides is 1. The van der Waals surface area contributed by atoms with Crippen molar-refractivity contribution in [3.63, 3.8) is 0 Å². The Labute approximate surface area is 98.0 Å². The lowest BCUT2D eigenvalue weighted by Crippen LogP contribution is -2.50. The van der Waals surface area contributed by atoms with Gasteiger partial charge in [-0.05, 0) is 33.9 Å². The molecule has 0 aromatic heterocycles. The lowest BCUT2D eigenvalue weighted by atomic mass is 10.0. The fourth-order valence-electron chi connectivity index (χ4n) is 2.27. The van der Waals surface area contributed by atoms with E-state index >= 15 is 0 Å². The molecule has 0 aromatic carbocycles. The Morgan fingerprint density at radius 2 is 2.06 bits per heavy atom. The third kappa shape index (κ3) is 4.37. The summed E-state index contributed by atoms with van der Waals surface area (Å²) >= 11 is 0. The molecular weight excluding hydrogens is 204 g/mol. The van der Waals surface area contributed by atoms with E-state index < -0.39 is 0 Å². The van der Waals surface area contributed by atoms with E-state index in [1.54, 1.807) is 4.90 Å². The zero-order chi connectivity index (χ0) is 12.1. The number of piperidine rings is 1. The van der Waals surface area contributed by atoms with E-state index in [4.69, 9.17) is 5.73 Å². The van der Waals surface area contributed by atoms with Gasteiger partial charge in [-0.3, -0.25) is 0 Å². The number of urea groups is 1. The van der Waals surface area contributed by atoms with Gasteiger partial charge in [-0.25, -0.2) is 4.79 Å². The van der Waals surface area contributed by atoms with Gasteiger partial charge in [0.1, 0.15) is 0 Å². The molecule has 1 atom stereocenters. The largest absolute Gasteiger partial charge is 0.351 e. The maximum absolute atomic E-state index is 10.9. The molecule has 0 radical (unpaired) electrons. The summed E-state index contributed by atoms with van der Waals surface area (Å²) in [6, 6.07) is 0.713. The van der Waals surface area contributed by atoms with Crippen LogP contribution in [-0.4, -0.2) is 61.6 Å². The van der Waals surface area contributed by atoms with Crippen molar-refractivity contribution in [2.45, 2.75) is 31.8 Å². The molecule has 1 fully saturated rings. The highest BCUT2D eigenvalue weighted by Crippen LogP contribution is 2.10. The highest BCUT2D eigenvalue weighted by atomic mass is 16.2. The summed E-state index contributed by atoms with van der Waals surface area (Å²) in [5, 5.41) is 3.59. The second-order valence-electron chi connectivity index (χ2n) is 4.93. The van der Waals surface area contributed by atoms with Gasteiger partial charge in [-0.2, -0.15) is 0 Å². The van der Waals surface area contributed by atoms with Crippen LogP contribution in [0.5, 0.6) is 0 Å². The zero-order valence-corrected chi connectivity index (χ0v) is 10.6. The predicted octanol–water partition coefficient (Wildman–Crippen LogP) is 0.0692. The number of carbonyl (C=O) groups excluding carboxylic acids is 1. The van der Waals surface area contributed by atoms with Gasteiger partial charge in [-0.1, -0.05) is 0 Å². The van der Waals surface area contributed by atoms with Gasteiger partial charge in [0.2, 0.25) is 0 Å². The molecule has 0 saturated carbocycles. The molecule has 1 heterocycles. The number of hydrogen-bond donors (Lipinski definition) is 2. The van der Waals surface area contributed by atoms with Crippen LogP contribution in [0.3, 0.4) is 0 Å². The third-order valence-electron chi connectivity index (χ3n) is 2.97. The normalized spacial score (nSPS) is 20.1. The van der Waals surface area contributed by atoms with Crippen LogP contribution in [0.25, 0.3) is 0 Å². The minimum absolute atomic E-state index is 0.292. The van der Waals surface area contributed by atoms with Gasteiger partial charge >= 0.3 is 6.03 Å². The minimum atomic E-state index is -0.292. The second kappa shape index (κ2) is 6.06. The molecule has 1 saturated heterocycles. The summed E-state index contributed by atoms with van der Waals surface area (Å²) in [7, 11) is 4.15. The van der Waals surface area contributed by atoms with Crippen LogP contribution in [0.2, 0.25) is 0 Å². The second-order valence-corrected chi connectivity index (χ2v) is 4.93. The predicted molar refractivity (Wildman–Crippen MR) is 65.3 cm³/mol. The van der Waals surface area contributed by atoms with Gasteiger partial charge in [-0.15, -0.1) is 0 Å². The van der Waals surface area contributed by atoms with Crippen molar-refractivity contribution in [1.82, 2.24) is 15.1 Å². The SMILES string of the molecule is CC(CN(C)C)NC1CCN(C(N)=O)CC1. The Bertz CT molecular complexity index is 224. The van der Waals surface area contributed by atoms with E-state index in [0.29, 0.717) is 12.1 Å². The quantitative estimate of drug-likeness (QED) is 0.716. The van der Waals surface area contributed by atoms with Gasteiger partial charge < -0.3 is 20.9 Å². The van der Waals surface area contributed by atoms with Crippen molar-refractivity contribution in [2.24, 2.45) is 5.73 Å². The summed E-state index contributed by atoms with van der Waals surface area (Å²) < 4.78 is 0. The molecule has 16 heavy (non-hydrogen) atoms. The summed E-state index contributed by atoms with van der Waals surface area (Å²) in [5.74, 6) is 0. The van der Waals surface area contributed by atoms with E-state index in [9.17, 15) is 4.79 Å². The molecule has 0 aromatic rings. The first-order valence-corrected chi connectivity index (χ1v) is 5.94. The molecule has 3 N–H and O–H groups in total. The molecule has 94 valence electrons. The number of nitrogens with zero attached hydrogens (tertiary/aromatic N) is 2. The molecule has 5 heteroatoms. The van der Waals surface area contributed by atoms with Crippen LogP contribution in [0.1, 0.15) is 19.8 Å². The first-order valence-electron chi connectivity index (χ1n) is 5.94. The van der Waals surface area contributed by atoms with Crippen LogP contribution in [0, 0.1) is 0 Å². The van der Waals surface area contributed by atoms with Crippen LogP contribution >= 0.6 is 0 Å². The standard InChI is InChI=1S/C11H24N4O/c1-9(8-14(2)3)13-10-4-6-15(7-5-10)11(12)16/h9-10,13H,4-8H2,1-3H3,(H2,12,16). The fourth-order valence-corrected chi connectivity index (χ4v) is 2.27. The number of nitrogens with two attached hydrogens (primary N) is 1. The van der Waals surface area contributed by atoms with E-state index in [1.807, 2.05) is 0 Å². The Kier molecular flexibility index (Phi) is 5.02. The van der Waals surface area contributed by atoms with Crippen molar-refractivity contribution >= 4 is 6.03 Å². The smallest absolute Gasteiger partial charge is 0.314 e. The number of hydrogen-bond acceptors (Lipinski definition) is 3. The van der Waals surface area contributed by atoms with Crippen molar-refractivity contribution in [3.8, 4) is 0 Å². The highest BCUT2D eigenvalue weighted by molar-refractivity contribution is 5.72. The molecule has 0 spiro atoms. The molecule has 0 aliphatic carbocycles. The van der Waals surface area contributed by atoms with E-state index in [1.165, 1.54) is 0 Å². The van der Waals surface area contributed by atoms with E-state index in [-0.39, 0.29) is 6.03 Å². The van der Waals surface area contributed by atoms with Crippen molar-refractivity contribution < 1.29 is 4.79 Å². The maximum Gasteiger partial charge on any atom is 0.314 e. The zero-order valence-electron chi connectivity index (χ0n) is 10.6. The van der Waals surface area contributed by atoms with Crippen LogP contribution in [-0.2, 0) is 0 Å². The number of carbonyl (C=O) groups is 1. The van der Waals surface area contributed by atoms with Crippen LogP contribution in [0.15, 0.2) is 0 Å². The average Bonchev–Trinajstić information content (AvgIpc) is 2.16. The number of amides is 2. The Hall–Kier alpha value is -0.810. The minimum Gasteiger partial charge on any atom is -0.351 e. The molecule has 1 rings (SSSR count). The van der Waals surface area contributed by atoms with Crippen LogP contribution < -0.4 is 11.1 Å². The van der Waals surface area contributed by atoms with Crippen molar-refractivity contribution in [2.75, 3.05) is 33.7 Å². The Morgan fingerprint density at radius 3 is 2.50 bits per heavy atom. The Balaban J connectivity index is 2.24. The van der Waals surface area contributed by atoms with Gasteiger partial charge in [0.15, 0.2) is 0 Å². The monoisotopic (exact) mass is 228 g/mol. The summed E-state index contributed by atoms with van der Waals surface area (Å²) in [6.45, 7) is 4.79. The third-order valence-corrected chi connectivity index (χ3v) is 2.97. The molecule has 2 amide bonds. The van der Waals surface area contributed by atoms with Gasteiger partial charge in [0.25, 0.3) is 0 Å². The van der Waals surface area contributed by atoms with Crippen molar-refractivity contribution in [3.05, 3.63) is 0 Å².